The summed E-state index contributed by atoms with van der Waals surface area (Å²) in [6, 6.07) is 7.63. The highest BCUT2D eigenvalue weighted by Gasteiger charge is 2.21. The third-order valence-electron chi connectivity index (χ3n) is 5.19. The Kier molecular flexibility index (Phi) is 7.38. The van der Waals surface area contributed by atoms with Gasteiger partial charge in [0, 0.05) is 37.6 Å². The molecule has 0 spiro atoms. The molecule has 1 aliphatic heterocycles. The molecule has 3 rings (SSSR count). The Labute approximate surface area is 160 Å². The van der Waals surface area contributed by atoms with Gasteiger partial charge in [0.05, 0.1) is 11.3 Å². The second-order valence-corrected chi connectivity index (χ2v) is 8.15. The quantitative estimate of drug-likeness (QED) is 0.750. The van der Waals surface area contributed by atoms with E-state index >= 15 is 0 Å². The van der Waals surface area contributed by atoms with Gasteiger partial charge >= 0.3 is 0 Å². The Balaban J connectivity index is 1.51. The maximum atomic E-state index is 12.8. The van der Waals surface area contributed by atoms with Crippen molar-refractivity contribution in [1.29, 1.82) is 0 Å². The zero-order chi connectivity index (χ0) is 18.2. The Bertz CT molecular complexity index is 611. The number of hydrogen-bond donors (Lipinski definition) is 2. The highest BCUT2D eigenvalue weighted by Crippen LogP contribution is 2.25. The number of carbonyl (C=O) groups excluding carboxylic acids is 2. The highest BCUT2D eigenvalue weighted by atomic mass is 32.2. The molecule has 5 nitrogen and oxygen atoms in total. The van der Waals surface area contributed by atoms with Crippen molar-refractivity contribution in [2.75, 3.05) is 38.5 Å². The molecule has 1 saturated heterocycles. The van der Waals surface area contributed by atoms with Gasteiger partial charge < -0.3 is 15.5 Å². The van der Waals surface area contributed by atoms with Gasteiger partial charge in [-0.2, -0.15) is 0 Å². The van der Waals surface area contributed by atoms with Crippen LogP contribution in [-0.4, -0.2) is 55.2 Å². The number of rotatable bonds is 6. The zero-order valence-electron chi connectivity index (χ0n) is 15.3. The Morgan fingerprint density at radius 1 is 1.12 bits per heavy atom. The van der Waals surface area contributed by atoms with Crippen LogP contribution in [0.1, 0.15) is 42.5 Å². The van der Waals surface area contributed by atoms with Crippen LogP contribution >= 0.6 is 11.8 Å². The lowest BCUT2D eigenvalue weighted by atomic mass is 9.89. The molecular formula is C20H29N3O2S. The molecule has 0 atom stereocenters. The third-order valence-corrected chi connectivity index (χ3v) is 6.27. The molecule has 0 aromatic heterocycles. The molecule has 26 heavy (non-hydrogen) atoms. The van der Waals surface area contributed by atoms with Crippen LogP contribution < -0.4 is 10.6 Å². The molecular weight excluding hydrogens is 346 g/mol. The van der Waals surface area contributed by atoms with Crippen LogP contribution in [-0.2, 0) is 4.79 Å². The van der Waals surface area contributed by atoms with Gasteiger partial charge in [-0.3, -0.25) is 9.59 Å². The first-order chi connectivity index (χ1) is 12.7. The zero-order valence-corrected chi connectivity index (χ0v) is 16.2. The van der Waals surface area contributed by atoms with Crippen LogP contribution in [0.25, 0.3) is 0 Å². The lowest BCUT2D eigenvalue weighted by Gasteiger charge is -2.28. The molecule has 6 heteroatoms. The third kappa shape index (κ3) is 5.48. The second-order valence-electron chi connectivity index (χ2n) is 7.14. The van der Waals surface area contributed by atoms with Gasteiger partial charge in [0.25, 0.3) is 5.91 Å². The van der Waals surface area contributed by atoms with Crippen molar-refractivity contribution in [3.63, 3.8) is 0 Å². The van der Waals surface area contributed by atoms with Crippen LogP contribution in [0.2, 0.25) is 0 Å². The summed E-state index contributed by atoms with van der Waals surface area (Å²) in [6.07, 6.45) is 6.37. The van der Waals surface area contributed by atoms with Crippen LogP contribution in [0.3, 0.4) is 0 Å². The summed E-state index contributed by atoms with van der Waals surface area (Å²) in [5.74, 6) is 1.12. The first kappa shape index (κ1) is 19.2. The molecule has 1 heterocycles. The SMILES string of the molecule is O=C(CSc1ccccc1C(=O)N1CCNCC1)NCC1CCCCC1. The van der Waals surface area contributed by atoms with E-state index in [1.807, 2.05) is 29.2 Å². The lowest BCUT2D eigenvalue weighted by Crippen LogP contribution is -2.46. The summed E-state index contributed by atoms with van der Waals surface area (Å²) in [4.78, 5) is 27.8. The topological polar surface area (TPSA) is 61.4 Å². The van der Waals surface area contributed by atoms with Crippen molar-refractivity contribution in [2.45, 2.75) is 37.0 Å². The molecule has 1 saturated carbocycles. The van der Waals surface area contributed by atoms with Crippen LogP contribution in [0.5, 0.6) is 0 Å². The number of amides is 2. The number of piperazine rings is 1. The number of benzene rings is 1. The van der Waals surface area contributed by atoms with Gasteiger partial charge in [0.1, 0.15) is 0 Å². The van der Waals surface area contributed by atoms with E-state index in [0.717, 1.165) is 37.6 Å². The van der Waals surface area contributed by atoms with E-state index in [0.29, 0.717) is 17.2 Å². The number of nitrogens with one attached hydrogen (secondary N) is 2. The predicted molar refractivity (Wildman–Crippen MR) is 106 cm³/mol. The second kappa shape index (κ2) is 9.97. The average Bonchev–Trinajstić information content (AvgIpc) is 2.72. The van der Waals surface area contributed by atoms with E-state index in [4.69, 9.17) is 0 Å². The fourth-order valence-electron chi connectivity index (χ4n) is 3.65. The summed E-state index contributed by atoms with van der Waals surface area (Å²) in [5.41, 5.74) is 0.708. The fraction of sp³-hybridized carbons (Fsp3) is 0.600. The van der Waals surface area contributed by atoms with E-state index in [1.54, 1.807) is 0 Å². The summed E-state index contributed by atoms with van der Waals surface area (Å²) >= 11 is 1.46. The lowest BCUT2D eigenvalue weighted by molar-refractivity contribution is -0.118. The summed E-state index contributed by atoms with van der Waals surface area (Å²) < 4.78 is 0. The fourth-order valence-corrected chi connectivity index (χ4v) is 4.53. The molecule has 2 N–H and O–H groups in total. The van der Waals surface area contributed by atoms with Gasteiger partial charge in [0.15, 0.2) is 0 Å². The minimum atomic E-state index is 0.0602. The van der Waals surface area contributed by atoms with Gasteiger partial charge in [-0.15, -0.1) is 11.8 Å². The van der Waals surface area contributed by atoms with E-state index in [2.05, 4.69) is 10.6 Å². The van der Waals surface area contributed by atoms with Crippen LogP contribution in [0.4, 0.5) is 0 Å². The first-order valence-corrected chi connectivity index (χ1v) is 10.7. The molecule has 0 unspecified atom stereocenters. The van der Waals surface area contributed by atoms with Crippen molar-refractivity contribution in [2.24, 2.45) is 5.92 Å². The predicted octanol–water partition coefficient (Wildman–Crippen LogP) is 2.52. The Morgan fingerprint density at radius 2 is 1.85 bits per heavy atom. The maximum absolute atomic E-state index is 12.8. The molecule has 2 fully saturated rings. The van der Waals surface area contributed by atoms with E-state index in [1.165, 1.54) is 43.9 Å². The van der Waals surface area contributed by atoms with Crippen molar-refractivity contribution in [1.82, 2.24) is 15.5 Å². The standard InChI is InChI=1S/C20H29N3O2S/c24-19(22-14-16-6-2-1-3-7-16)15-26-18-9-5-4-8-17(18)20(25)23-12-10-21-11-13-23/h4-5,8-9,16,21H,1-3,6-7,10-15H2,(H,22,24). The minimum absolute atomic E-state index is 0.0602. The number of nitrogens with zero attached hydrogens (tertiary/aromatic N) is 1. The first-order valence-electron chi connectivity index (χ1n) is 9.72. The van der Waals surface area contributed by atoms with E-state index < -0.39 is 0 Å². The van der Waals surface area contributed by atoms with Gasteiger partial charge in [-0.25, -0.2) is 0 Å². The molecule has 2 amide bonds. The number of hydrogen-bond acceptors (Lipinski definition) is 4. The molecule has 1 aliphatic carbocycles. The van der Waals surface area contributed by atoms with Crippen molar-refractivity contribution in [3.05, 3.63) is 29.8 Å². The smallest absolute Gasteiger partial charge is 0.255 e. The summed E-state index contributed by atoms with van der Waals surface area (Å²) in [6.45, 7) is 3.94. The monoisotopic (exact) mass is 375 g/mol. The highest BCUT2D eigenvalue weighted by molar-refractivity contribution is 8.00. The largest absolute Gasteiger partial charge is 0.355 e. The Morgan fingerprint density at radius 3 is 2.62 bits per heavy atom. The molecule has 1 aromatic carbocycles. The van der Waals surface area contributed by atoms with Crippen LogP contribution in [0, 0.1) is 5.92 Å². The van der Waals surface area contributed by atoms with Gasteiger partial charge in [0.2, 0.25) is 5.91 Å². The average molecular weight is 376 g/mol. The van der Waals surface area contributed by atoms with Gasteiger partial charge in [-0.1, -0.05) is 31.4 Å². The molecule has 142 valence electrons. The van der Waals surface area contributed by atoms with Crippen molar-refractivity contribution < 1.29 is 9.59 Å². The summed E-state index contributed by atoms with van der Waals surface area (Å²) in [5, 5.41) is 6.34. The minimum Gasteiger partial charge on any atom is -0.355 e. The van der Waals surface area contributed by atoms with E-state index in [-0.39, 0.29) is 11.8 Å². The molecule has 2 aliphatic rings. The maximum Gasteiger partial charge on any atom is 0.255 e. The van der Waals surface area contributed by atoms with Crippen LogP contribution in [0.15, 0.2) is 29.2 Å². The molecule has 1 aromatic rings. The van der Waals surface area contributed by atoms with Gasteiger partial charge in [-0.05, 0) is 30.9 Å². The normalized spacial score (nSPS) is 18.5. The van der Waals surface area contributed by atoms with E-state index in [9.17, 15) is 9.59 Å². The number of carbonyl (C=O) groups is 2. The van der Waals surface area contributed by atoms with Crippen molar-refractivity contribution in [3.8, 4) is 0 Å². The molecule has 0 radical (unpaired) electrons. The van der Waals surface area contributed by atoms with Crippen molar-refractivity contribution >= 4 is 23.6 Å². The number of thioether (sulfide) groups is 1. The summed E-state index contributed by atoms with van der Waals surface area (Å²) in [7, 11) is 0. The Hall–Kier alpha value is -1.53. The molecule has 0 bridgehead atoms.